The molecular weight excluding hydrogens is 344 g/mol. The number of urea groups is 1. The fourth-order valence-corrected chi connectivity index (χ4v) is 4.82. The van der Waals surface area contributed by atoms with Crippen molar-refractivity contribution in [2.24, 2.45) is 0 Å². The summed E-state index contributed by atoms with van der Waals surface area (Å²) >= 11 is 0. The van der Waals surface area contributed by atoms with E-state index in [-0.39, 0.29) is 29.9 Å². The predicted molar refractivity (Wildman–Crippen MR) is 96.8 cm³/mol. The number of nitriles is 1. The Bertz CT molecular complexity index is 1070. The maximum atomic E-state index is 13.2. The Balaban J connectivity index is 1.62. The maximum Gasteiger partial charge on any atom is 0.332 e. The van der Waals surface area contributed by atoms with E-state index in [0.717, 1.165) is 0 Å². The number of carbonyl (C=O) groups excluding carboxylic acids is 3. The van der Waals surface area contributed by atoms with Crippen LogP contribution in [0.3, 0.4) is 0 Å². The Morgan fingerprint density at radius 2 is 1.89 bits per heavy atom. The van der Waals surface area contributed by atoms with Crippen molar-refractivity contribution in [2.75, 3.05) is 11.4 Å². The third-order valence-electron chi connectivity index (χ3n) is 5.93. The quantitative estimate of drug-likeness (QED) is 0.727. The molecule has 3 atom stereocenters. The molecule has 0 aliphatic carbocycles. The molecule has 134 valence electrons. The van der Waals surface area contributed by atoms with E-state index >= 15 is 0 Å². The van der Waals surface area contributed by atoms with E-state index in [4.69, 9.17) is 0 Å². The molecule has 3 heterocycles. The Hall–Kier alpha value is -3.40. The van der Waals surface area contributed by atoms with Crippen molar-refractivity contribution in [1.29, 1.82) is 5.26 Å². The zero-order valence-corrected chi connectivity index (χ0v) is 14.6. The van der Waals surface area contributed by atoms with Crippen LogP contribution in [-0.4, -0.2) is 52.3 Å². The highest BCUT2D eigenvalue weighted by Crippen LogP contribution is 2.43. The first kappa shape index (κ1) is 15.8. The molecule has 5 rings (SSSR count). The molecule has 4 amide bonds. The van der Waals surface area contributed by atoms with Crippen LogP contribution in [0.25, 0.3) is 10.8 Å². The summed E-state index contributed by atoms with van der Waals surface area (Å²) in [6.45, 7) is 1.98. The number of hydrogen-bond donors (Lipinski definition) is 0. The largest absolute Gasteiger partial charge is 0.335 e. The number of benzene rings is 2. The highest BCUT2D eigenvalue weighted by atomic mass is 16.2. The number of amides is 4. The number of piperazine rings is 1. The van der Waals surface area contributed by atoms with Crippen LogP contribution in [0.1, 0.15) is 18.9 Å². The molecule has 3 fully saturated rings. The van der Waals surface area contributed by atoms with Gasteiger partial charge in [0.1, 0.15) is 6.04 Å². The molecular formula is C20H16N4O3. The lowest BCUT2D eigenvalue weighted by Gasteiger charge is -2.34. The van der Waals surface area contributed by atoms with Gasteiger partial charge in [-0.25, -0.2) is 9.69 Å². The molecule has 0 N–H and O–H groups in total. The second-order valence-corrected chi connectivity index (χ2v) is 7.23. The van der Waals surface area contributed by atoms with Gasteiger partial charge in [0.2, 0.25) is 5.91 Å². The third kappa shape index (κ3) is 1.92. The smallest absolute Gasteiger partial charge is 0.332 e. The molecule has 0 unspecified atom stereocenters. The Labute approximate surface area is 155 Å². The van der Waals surface area contributed by atoms with E-state index < -0.39 is 6.04 Å². The first-order valence-corrected chi connectivity index (χ1v) is 8.88. The predicted octanol–water partition coefficient (Wildman–Crippen LogP) is 1.85. The molecule has 3 aliphatic rings. The highest BCUT2D eigenvalue weighted by molar-refractivity contribution is 6.25. The number of fused-ring (bicyclic) bond motifs is 6. The number of carbonyl (C=O) groups is 3. The summed E-state index contributed by atoms with van der Waals surface area (Å²) in [6.07, 6.45) is 0.656. The molecule has 7 nitrogen and oxygen atoms in total. The number of rotatable bonds is 1. The fraction of sp³-hybridized carbons (Fsp3) is 0.300. The van der Waals surface area contributed by atoms with Crippen molar-refractivity contribution in [3.8, 4) is 6.07 Å². The van der Waals surface area contributed by atoms with Crippen molar-refractivity contribution in [2.45, 2.75) is 31.5 Å². The summed E-state index contributed by atoms with van der Waals surface area (Å²) < 4.78 is 0. The van der Waals surface area contributed by atoms with Gasteiger partial charge in [-0.1, -0.05) is 24.3 Å². The van der Waals surface area contributed by atoms with E-state index in [1.54, 1.807) is 21.9 Å². The first-order chi connectivity index (χ1) is 13.0. The van der Waals surface area contributed by atoms with Gasteiger partial charge in [-0.2, -0.15) is 5.26 Å². The number of nitrogens with zero attached hydrogens (tertiary/aromatic N) is 4. The minimum Gasteiger partial charge on any atom is -0.335 e. The van der Waals surface area contributed by atoms with Crippen molar-refractivity contribution in [3.63, 3.8) is 0 Å². The summed E-state index contributed by atoms with van der Waals surface area (Å²) in [4.78, 5) is 42.8. The molecule has 0 saturated carbocycles. The Morgan fingerprint density at radius 3 is 2.59 bits per heavy atom. The van der Waals surface area contributed by atoms with Crippen LogP contribution in [0.4, 0.5) is 10.5 Å². The van der Waals surface area contributed by atoms with E-state index in [9.17, 15) is 19.6 Å². The topological polar surface area (TPSA) is 84.7 Å². The van der Waals surface area contributed by atoms with Gasteiger partial charge in [0, 0.05) is 24.2 Å². The highest BCUT2D eigenvalue weighted by Gasteiger charge is 2.62. The van der Waals surface area contributed by atoms with Crippen molar-refractivity contribution >= 4 is 34.3 Å². The second kappa shape index (κ2) is 5.30. The molecule has 3 aliphatic heterocycles. The van der Waals surface area contributed by atoms with E-state index in [1.807, 2.05) is 24.3 Å². The van der Waals surface area contributed by atoms with Gasteiger partial charge in [-0.3, -0.25) is 9.59 Å². The molecule has 7 heteroatoms. The van der Waals surface area contributed by atoms with Crippen molar-refractivity contribution < 1.29 is 14.4 Å². The van der Waals surface area contributed by atoms with Gasteiger partial charge in [0.15, 0.2) is 0 Å². The molecule has 0 spiro atoms. The number of imide groups is 1. The maximum absolute atomic E-state index is 13.2. The number of hydrogen-bond acceptors (Lipinski definition) is 4. The fourth-order valence-electron chi connectivity index (χ4n) is 4.82. The standard InChI is InChI=1S/C20H16N4O3/c1-11(25)22-10-13-8-17(22)18-19(26)24(20(27)23(13)18)16-7-6-12(9-21)14-4-2-3-5-15(14)16/h2-7,13,17-18H,8,10H2,1H3/t13-,17-,18+/m0/s1. The van der Waals surface area contributed by atoms with Gasteiger partial charge in [-0.15, -0.1) is 0 Å². The van der Waals surface area contributed by atoms with Crippen LogP contribution >= 0.6 is 0 Å². The van der Waals surface area contributed by atoms with E-state index in [1.165, 1.54) is 11.8 Å². The molecule has 0 aromatic heterocycles. The SMILES string of the molecule is CC(=O)N1C[C@@H]2C[C@H]1[C@@H]1C(=O)N(c3ccc(C#N)c4ccccc34)C(=O)N21. The van der Waals surface area contributed by atoms with Crippen LogP contribution in [0.5, 0.6) is 0 Å². The van der Waals surface area contributed by atoms with Gasteiger partial charge < -0.3 is 9.80 Å². The summed E-state index contributed by atoms with van der Waals surface area (Å²) in [6, 6.07) is 11.4. The minimum absolute atomic E-state index is 0.0651. The molecule has 2 aromatic carbocycles. The van der Waals surface area contributed by atoms with Crippen molar-refractivity contribution in [3.05, 3.63) is 42.0 Å². The van der Waals surface area contributed by atoms with Crippen LogP contribution in [0.15, 0.2) is 36.4 Å². The van der Waals surface area contributed by atoms with Gasteiger partial charge in [0.05, 0.1) is 29.4 Å². The lowest BCUT2D eigenvalue weighted by molar-refractivity contribution is -0.133. The monoisotopic (exact) mass is 360 g/mol. The van der Waals surface area contributed by atoms with Crippen LogP contribution < -0.4 is 4.90 Å². The Morgan fingerprint density at radius 1 is 1.15 bits per heavy atom. The molecule has 2 aromatic rings. The first-order valence-electron chi connectivity index (χ1n) is 8.88. The lowest BCUT2D eigenvalue weighted by Crippen LogP contribution is -2.54. The summed E-state index contributed by atoms with van der Waals surface area (Å²) in [5.74, 6) is -0.363. The number of likely N-dealkylation sites (tertiary alicyclic amines) is 1. The van der Waals surface area contributed by atoms with Gasteiger partial charge in [-0.05, 0) is 18.6 Å². The zero-order chi connectivity index (χ0) is 18.9. The van der Waals surface area contributed by atoms with E-state index in [0.29, 0.717) is 35.0 Å². The Kier molecular flexibility index (Phi) is 3.11. The summed E-state index contributed by atoms with van der Waals surface area (Å²) in [5, 5.41) is 10.7. The summed E-state index contributed by atoms with van der Waals surface area (Å²) in [7, 11) is 0. The van der Waals surface area contributed by atoms with Gasteiger partial charge in [0.25, 0.3) is 5.91 Å². The average molecular weight is 360 g/mol. The zero-order valence-electron chi connectivity index (χ0n) is 14.6. The molecule has 3 saturated heterocycles. The third-order valence-corrected chi connectivity index (χ3v) is 5.93. The lowest BCUT2D eigenvalue weighted by atomic mass is 10.0. The van der Waals surface area contributed by atoms with Crippen LogP contribution in [0.2, 0.25) is 0 Å². The molecule has 2 bridgehead atoms. The average Bonchev–Trinajstić information content (AvgIpc) is 3.33. The van der Waals surface area contributed by atoms with Gasteiger partial charge >= 0.3 is 6.03 Å². The molecule has 0 radical (unpaired) electrons. The summed E-state index contributed by atoms with van der Waals surface area (Å²) in [5.41, 5.74) is 0.986. The number of anilines is 1. The normalized spacial score (nSPS) is 26.1. The minimum atomic E-state index is -0.616. The van der Waals surface area contributed by atoms with Crippen molar-refractivity contribution in [1.82, 2.24) is 9.80 Å². The molecule has 27 heavy (non-hydrogen) atoms. The second-order valence-electron chi connectivity index (χ2n) is 7.23. The van der Waals surface area contributed by atoms with Crippen LogP contribution in [-0.2, 0) is 9.59 Å². The van der Waals surface area contributed by atoms with E-state index in [2.05, 4.69) is 6.07 Å². The van der Waals surface area contributed by atoms with Crippen LogP contribution in [0, 0.1) is 11.3 Å².